The summed E-state index contributed by atoms with van der Waals surface area (Å²) in [6, 6.07) is 14.9. The Balaban J connectivity index is 1.72. The standard InChI is InChI=1S/C16H13N3S2/c1-17-16-19-13(9-20-16)10-6-7-15-12(8-10)18-11-4-2-3-5-14(11)21-15/h2-9,18H,1H3,(H,17,19). The van der Waals surface area contributed by atoms with E-state index in [1.54, 1.807) is 23.1 Å². The van der Waals surface area contributed by atoms with Crippen LogP contribution >= 0.6 is 23.1 Å². The molecule has 1 aliphatic heterocycles. The second-order valence-electron chi connectivity index (χ2n) is 4.72. The Morgan fingerprint density at radius 3 is 2.76 bits per heavy atom. The van der Waals surface area contributed by atoms with Gasteiger partial charge in [0.2, 0.25) is 0 Å². The maximum atomic E-state index is 4.57. The van der Waals surface area contributed by atoms with Crippen LogP contribution in [-0.4, -0.2) is 12.0 Å². The van der Waals surface area contributed by atoms with Crippen molar-refractivity contribution < 1.29 is 0 Å². The molecule has 0 saturated heterocycles. The van der Waals surface area contributed by atoms with Crippen molar-refractivity contribution in [2.75, 3.05) is 17.7 Å². The van der Waals surface area contributed by atoms with Crippen LogP contribution in [0.1, 0.15) is 0 Å². The number of para-hydroxylation sites is 1. The molecule has 0 saturated carbocycles. The molecule has 5 heteroatoms. The Labute approximate surface area is 131 Å². The first-order valence-corrected chi connectivity index (χ1v) is 8.35. The first-order valence-electron chi connectivity index (χ1n) is 6.65. The summed E-state index contributed by atoms with van der Waals surface area (Å²) in [5.41, 5.74) is 4.47. The number of benzene rings is 2. The molecule has 1 aromatic heterocycles. The lowest BCUT2D eigenvalue weighted by Crippen LogP contribution is -1.99. The molecule has 0 aliphatic carbocycles. The number of nitrogens with one attached hydrogen (secondary N) is 2. The summed E-state index contributed by atoms with van der Waals surface area (Å²) < 4.78 is 0. The third kappa shape index (κ3) is 2.28. The van der Waals surface area contributed by atoms with Gasteiger partial charge in [0.15, 0.2) is 5.13 Å². The minimum atomic E-state index is 0.940. The first kappa shape index (κ1) is 12.7. The molecule has 3 nitrogen and oxygen atoms in total. The largest absolute Gasteiger partial charge is 0.365 e. The zero-order valence-corrected chi connectivity index (χ0v) is 13.0. The normalized spacial score (nSPS) is 12.2. The number of fused-ring (bicyclic) bond motifs is 2. The van der Waals surface area contributed by atoms with Gasteiger partial charge in [0.05, 0.1) is 17.1 Å². The van der Waals surface area contributed by atoms with E-state index in [2.05, 4.69) is 63.5 Å². The Hall–Kier alpha value is -1.98. The third-order valence-electron chi connectivity index (χ3n) is 3.37. The van der Waals surface area contributed by atoms with Crippen LogP contribution in [0.5, 0.6) is 0 Å². The van der Waals surface area contributed by atoms with Gasteiger partial charge in [-0.3, -0.25) is 0 Å². The van der Waals surface area contributed by atoms with Crippen molar-refractivity contribution in [1.29, 1.82) is 0 Å². The van der Waals surface area contributed by atoms with Crippen molar-refractivity contribution in [1.82, 2.24) is 4.98 Å². The Bertz CT molecular complexity index is 811. The first-order chi connectivity index (χ1) is 10.3. The van der Waals surface area contributed by atoms with E-state index in [1.807, 2.05) is 7.05 Å². The molecule has 0 atom stereocenters. The number of hydrogen-bond acceptors (Lipinski definition) is 5. The number of anilines is 3. The SMILES string of the molecule is CNc1nc(-c2ccc3c(c2)Nc2ccccc2S3)cs1. The average molecular weight is 311 g/mol. The molecular weight excluding hydrogens is 298 g/mol. The van der Waals surface area contributed by atoms with Crippen LogP contribution in [0.15, 0.2) is 57.6 Å². The van der Waals surface area contributed by atoms with Crippen molar-refractivity contribution >= 4 is 39.6 Å². The average Bonchev–Trinajstić information content (AvgIpc) is 3.01. The van der Waals surface area contributed by atoms with Crippen molar-refractivity contribution in [2.24, 2.45) is 0 Å². The molecule has 4 rings (SSSR count). The van der Waals surface area contributed by atoms with Gasteiger partial charge in [-0.25, -0.2) is 4.98 Å². The molecule has 0 bridgehead atoms. The second kappa shape index (κ2) is 5.09. The predicted molar refractivity (Wildman–Crippen MR) is 90.9 cm³/mol. The Morgan fingerprint density at radius 2 is 1.90 bits per heavy atom. The van der Waals surface area contributed by atoms with E-state index in [0.717, 1.165) is 22.1 Å². The summed E-state index contributed by atoms with van der Waals surface area (Å²) in [7, 11) is 1.89. The molecule has 21 heavy (non-hydrogen) atoms. The Morgan fingerprint density at radius 1 is 1.05 bits per heavy atom. The summed E-state index contributed by atoms with van der Waals surface area (Å²) in [4.78, 5) is 7.08. The molecular formula is C16H13N3S2. The highest BCUT2D eigenvalue weighted by Crippen LogP contribution is 2.45. The van der Waals surface area contributed by atoms with Gasteiger partial charge >= 0.3 is 0 Å². The van der Waals surface area contributed by atoms with Crippen LogP contribution in [0, 0.1) is 0 Å². The molecule has 2 N–H and O–H groups in total. The van der Waals surface area contributed by atoms with E-state index in [9.17, 15) is 0 Å². The molecule has 0 unspecified atom stereocenters. The van der Waals surface area contributed by atoms with Gasteiger partial charge in [0.25, 0.3) is 0 Å². The summed E-state index contributed by atoms with van der Waals surface area (Å²) >= 11 is 3.43. The number of nitrogens with zero attached hydrogens (tertiary/aromatic N) is 1. The molecule has 3 aromatic rings. The van der Waals surface area contributed by atoms with Gasteiger partial charge < -0.3 is 10.6 Å². The highest BCUT2D eigenvalue weighted by molar-refractivity contribution is 7.99. The van der Waals surface area contributed by atoms with E-state index in [4.69, 9.17) is 0 Å². The summed E-state index contributed by atoms with van der Waals surface area (Å²) in [6.07, 6.45) is 0. The van der Waals surface area contributed by atoms with Gasteiger partial charge in [0, 0.05) is 27.8 Å². The molecule has 0 spiro atoms. The monoisotopic (exact) mass is 311 g/mol. The van der Waals surface area contributed by atoms with E-state index < -0.39 is 0 Å². The topological polar surface area (TPSA) is 37.0 Å². The lowest BCUT2D eigenvalue weighted by molar-refractivity contribution is 1.30. The van der Waals surface area contributed by atoms with Gasteiger partial charge in [-0.1, -0.05) is 30.0 Å². The third-order valence-corrected chi connectivity index (χ3v) is 5.38. The summed E-state index contributed by atoms with van der Waals surface area (Å²) in [5.74, 6) is 0. The minimum Gasteiger partial charge on any atom is -0.365 e. The van der Waals surface area contributed by atoms with E-state index >= 15 is 0 Å². The van der Waals surface area contributed by atoms with Crippen LogP contribution < -0.4 is 10.6 Å². The predicted octanol–water partition coefficient (Wildman–Crippen LogP) is 5.06. The smallest absolute Gasteiger partial charge is 0.182 e. The van der Waals surface area contributed by atoms with Crippen molar-refractivity contribution in [3.8, 4) is 11.3 Å². The Kier molecular flexibility index (Phi) is 3.09. The number of thiazole rings is 1. The highest BCUT2D eigenvalue weighted by atomic mass is 32.2. The lowest BCUT2D eigenvalue weighted by atomic mass is 10.1. The van der Waals surface area contributed by atoms with Crippen LogP contribution in [0.2, 0.25) is 0 Å². The number of aromatic nitrogens is 1. The molecule has 0 fully saturated rings. The van der Waals surface area contributed by atoms with Gasteiger partial charge in [-0.05, 0) is 24.3 Å². The summed E-state index contributed by atoms with van der Waals surface area (Å²) in [5, 5.41) is 9.61. The fraction of sp³-hybridized carbons (Fsp3) is 0.0625. The van der Waals surface area contributed by atoms with Gasteiger partial charge in [-0.15, -0.1) is 11.3 Å². The lowest BCUT2D eigenvalue weighted by Gasteiger charge is -2.21. The fourth-order valence-corrected chi connectivity index (χ4v) is 3.97. The zero-order valence-electron chi connectivity index (χ0n) is 11.4. The zero-order chi connectivity index (χ0) is 14.2. The second-order valence-corrected chi connectivity index (χ2v) is 6.66. The number of hydrogen-bond donors (Lipinski definition) is 2. The molecule has 104 valence electrons. The fourth-order valence-electron chi connectivity index (χ4n) is 2.32. The van der Waals surface area contributed by atoms with Gasteiger partial charge in [0.1, 0.15) is 0 Å². The highest BCUT2D eigenvalue weighted by Gasteiger charge is 2.16. The van der Waals surface area contributed by atoms with Crippen molar-refractivity contribution in [3.63, 3.8) is 0 Å². The van der Waals surface area contributed by atoms with Crippen LogP contribution in [0.3, 0.4) is 0 Å². The minimum absolute atomic E-state index is 0.940. The van der Waals surface area contributed by atoms with Gasteiger partial charge in [-0.2, -0.15) is 0 Å². The van der Waals surface area contributed by atoms with Crippen LogP contribution in [0.25, 0.3) is 11.3 Å². The van der Waals surface area contributed by atoms with E-state index in [-0.39, 0.29) is 0 Å². The molecule has 1 aliphatic rings. The van der Waals surface area contributed by atoms with Crippen LogP contribution in [0.4, 0.5) is 16.5 Å². The number of rotatable bonds is 2. The molecule has 2 heterocycles. The quantitative estimate of drug-likeness (QED) is 0.542. The van der Waals surface area contributed by atoms with E-state index in [0.29, 0.717) is 0 Å². The molecule has 0 amide bonds. The molecule has 0 radical (unpaired) electrons. The molecule has 2 aromatic carbocycles. The van der Waals surface area contributed by atoms with Crippen molar-refractivity contribution in [3.05, 3.63) is 47.8 Å². The maximum Gasteiger partial charge on any atom is 0.182 e. The van der Waals surface area contributed by atoms with Crippen molar-refractivity contribution in [2.45, 2.75) is 9.79 Å². The van der Waals surface area contributed by atoms with E-state index in [1.165, 1.54) is 15.5 Å². The maximum absolute atomic E-state index is 4.57. The summed E-state index contributed by atoms with van der Waals surface area (Å²) in [6.45, 7) is 0. The van der Waals surface area contributed by atoms with Crippen LogP contribution in [-0.2, 0) is 0 Å².